The number of allylic oxidation sites excluding steroid dienone is 5. The summed E-state index contributed by atoms with van der Waals surface area (Å²) in [4.78, 5) is 0. The van der Waals surface area contributed by atoms with Gasteiger partial charge in [0.2, 0.25) is 0 Å². The number of nitrogens with zero attached hydrogens (tertiary/aromatic N) is 1. The number of benzene rings is 3. The van der Waals surface area contributed by atoms with Gasteiger partial charge in [0.25, 0.3) is 0 Å². The Balaban J connectivity index is 1.80. The van der Waals surface area contributed by atoms with Crippen molar-refractivity contribution in [2.45, 2.75) is 6.42 Å². The highest BCUT2D eigenvalue weighted by Crippen LogP contribution is 2.31. The molecule has 0 amide bonds. The lowest BCUT2D eigenvalue weighted by Crippen LogP contribution is -1.95. The topological polar surface area (TPSA) is 4.93 Å². The molecular weight excluding hydrogens is 314 g/mol. The predicted molar refractivity (Wildman–Crippen MR) is 113 cm³/mol. The molecule has 4 rings (SSSR count). The lowest BCUT2D eigenvalue weighted by molar-refractivity contribution is 1.15. The van der Waals surface area contributed by atoms with E-state index in [1.165, 1.54) is 33.1 Å². The van der Waals surface area contributed by atoms with Crippen molar-refractivity contribution in [1.82, 2.24) is 4.57 Å². The van der Waals surface area contributed by atoms with Crippen LogP contribution < -0.4 is 0 Å². The number of para-hydroxylation sites is 2. The SMILES string of the molecule is C=C/C=C/C=C/Cc1cccc(-n2c3ccccc3c3ccccc32)c1. The van der Waals surface area contributed by atoms with Crippen molar-refractivity contribution < 1.29 is 0 Å². The van der Waals surface area contributed by atoms with Crippen molar-refractivity contribution in [2.75, 3.05) is 0 Å². The largest absolute Gasteiger partial charge is 0.309 e. The molecule has 0 unspecified atom stereocenters. The molecule has 0 aliphatic heterocycles. The summed E-state index contributed by atoms with van der Waals surface area (Å²) >= 11 is 0. The third kappa shape index (κ3) is 3.00. The average Bonchev–Trinajstić information content (AvgIpc) is 3.03. The van der Waals surface area contributed by atoms with E-state index in [9.17, 15) is 0 Å². The van der Waals surface area contributed by atoms with Gasteiger partial charge in [-0.25, -0.2) is 0 Å². The predicted octanol–water partition coefficient (Wildman–Crippen LogP) is 6.62. The van der Waals surface area contributed by atoms with Crippen LogP contribution in [0.4, 0.5) is 0 Å². The first-order chi connectivity index (χ1) is 12.9. The van der Waals surface area contributed by atoms with Crippen LogP contribution in [0.3, 0.4) is 0 Å². The van der Waals surface area contributed by atoms with Crippen LogP contribution in [0.15, 0.2) is 110 Å². The van der Waals surface area contributed by atoms with Gasteiger partial charge in [-0.1, -0.05) is 85.5 Å². The van der Waals surface area contributed by atoms with Gasteiger partial charge < -0.3 is 4.57 Å². The first-order valence-electron chi connectivity index (χ1n) is 8.90. The molecule has 0 saturated carbocycles. The minimum atomic E-state index is 0.909. The van der Waals surface area contributed by atoms with Crippen LogP contribution in [-0.4, -0.2) is 4.57 Å². The fourth-order valence-corrected chi connectivity index (χ4v) is 3.45. The summed E-state index contributed by atoms with van der Waals surface area (Å²) < 4.78 is 2.36. The van der Waals surface area contributed by atoms with Crippen LogP contribution in [-0.2, 0) is 6.42 Å². The molecule has 0 radical (unpaired) electrons. The van der Waals surface area contributed by atoms with Gasteiger partial charge in [-0.15, -0.1) is 0 Å². The molecule has 0 saturated heterocycles. The summed E-state index contributed by atoms with van der Waals surface area (Å²) in [6.07, 6.45) is 10.9. The maximum Gasteiger partial charge on any atom is 0.0541 e. The Morgan fingerprint density at radius 3 is 2.12 bits per heavy atom. The van der Waals surface area contributed by atoms with E-state index in [2.05, 4.69) is 96.1 Å². The fourth-order valence-electron chi connectivity index (χ4n) is 3.45. The van der Waals surface area contributed by atoms with E-state index in [1.54, 1.807) is 6.08 Å². The molecule has 0 atom stereocenters. The number of fused-ring (bicyclic) bond motifs is 3. The van der Waals surface area contributed by atoms with Crippen molar-refractivity contribution in [3.63, 3.8) is 0 Å². The fraction of sp³-hybridized carbons (Fsp3) is 0.0400. The second kappa shape index (κ2) is 7.28. The Hall–Kier alpha value is -3.32. The molecule has 1 nitrogen and oxygen atoms in total. The second-order valence-corrected chi connectivity index (χ2v) is 6.29. The van der Waals surface area contributed by atoms with Crippen LogP contribution in [0.25, 0.3) is 27.5 Å². The van der Waals surface area contributed by atoms with Gasteiger partial charge in [-0.3, -0.25) is 0 Å². The molecule has 26 heavy (non-hydrogen) atoms. The van der Waals surface area contributed by atoms with Crippen LogP contribution in [0.5, 0.6) is 0 Å². The quantitative estimate of drug-likeness (QED) is 0.361. The normalized spacial score (nSPS) is 11.8. The summed E-state index contributed by atoms with van der Waals surface area (Å²) in [5, 5.41) is 2.59. The minimum absolute atomic E-state index is 0.909. The molecule has 0 spiro atoms. The number of aromatic nitrogens is 1. The van der Waals surface area contributed by atoms with Gasteiger partial charge in [0.15, 0.2) is 0 Å². The molecule has 4 aromatic rings. The average molecular weight is 335 g/mol. The van der Waals surface area contributed by atoms with Crippen molar-refractivity contribution in [3.05, 3.63) is 115 Å². The van der Waals surface area contributed by atoms with Crippen molar-refractivity contribution in [2.24, 2.45) is 0 Å². The number of hydrogen-bond acceptors (Lipinski definition) is 0. The van der Waals surface area contributed by atoms with Crippen molar-refractivity contribution in [3.8, 4) is 5.69 Å². The molecule has 1 heterocycles. The molecule has 0 N–H and O–H groups in total. The van der Waals surface area contributed by atoms with E-state index in [0.717, 1.165) is 6.42 Å². The first kappa shape index (κ1) is 16.2. The lowest BCUT2D eigenvalue weighted by atomic mass is 10.1. The standard InChI is InChI=1S/C25H21N/c1-2-3-4-5-6-12-20-13-11-14-21(19-20)26-24-17-9-7-15-22(24)23-16-8-10-18-25(23)26/h2-11,13-19H,1,12H2/b4-3+,6-5+. The highest BCUT2D eigenvalue weighted by molar-refractivity contribution is 6.09. The molecule has 0 aliphatic rings. The van der Waals surface area contributed by atoms with Gasteiger partial charge in [0.05, 0.1) is 11.0 Å². The summed E-state index contributed by atoms with van der Waals surface area (Å²) in [6, 6.07) is 26.0. The van der Waals surface area contributed by atoms with Crippen LogP contribution >= 0.6 is 0 Å². The van der Waals surface area contributed by atoms with Gasteiger partial charge >= 0.3 is 0 Å². The molecule has 0 fully saturated rings. The van der Waals surface area contributed by atoms with Crippen LogP contribution in [0, 0.1) is 0 Å². The molecule has 0 bridgehead atoms. The molecule has 0 aliphatic carbocycles. The lowest BCUT2D eigenvalue weighted by Gasteiger charge is -2.09. The molecule has 3 aromatic carbocycles. The van der Waals surface area contributed by atoms with Crippen molar-refractivity contribution in [1.29, 1.82) is 0 Å². The molecular formula is C25H21N. The summed E-state index contributed by atoms with van der Waals surface area (Å²) in [5.74, 6) is 0. The second-order valence-electron chi connectivity index (χ2n) is 6.29. The highest BCUT2D eigenvalue weighted by atomic mass is 15.0. The van der Waals surface area contributed by atoms with E-state index >= 15 is 0 Å². The minimum Gasteiger partial charge on any atom is -0.309 e. The number of rotatable bonds is 5. The summed E-state index contributed by atoms with van der Waals surface area (Å²) in [7, 11) is 0. The first-order valence-corrected chi connectivity index (χ1v) is 8.90. The molecule has 1 heteroatoms. The Labute approximate surface area is 154 Å². The molecule has 1 aromatic heterocycles. The monoisotopic (exact) mass is 335 g/mol. The van der Waals surface area contributed by atoms with Crippen LogP contribution in [0.1, 0.15) is 5.56 Å². The Bertz CT molecular complexity index is 1070. The van der Waals surface area contributed by atoms with Crippen LogP contribution in [0.2, 0.25) is 0 Å². The number of hydrogen-bond donors (Lipinski definition) is 0. The van der Waals surface area contributed by atoms with E-state index in [4.69, 9.17) is 0 Å². The zero-order valence-electron chi connectivity index (χ0n) is 14.7. The summed E-state index contributed by atoms with van der Waals surface area (Å²) in [6.45, 7) is 3.68. The van der Waals surface area contributed by atoms with Gasteiger partial charge in [-0.2, -0.15) is 0 Å². The van der Waals surface area contributed by atoms with Gasteiger partial charge in [0.1, 0.15) is 0 Å². The van der Waals surface area contributed by atoms with E-state index < -0.39 is 0 Å². The maximum atomic E-state index is 3.68. The van der Waals surface area contributed by atoms with Crippen molar-refractivity contribution >= 4 is 21.8 Å². The third-order valence-electron chi connectivity index (χ3n) is 4.60. The summed E-state index contributed by atoms with van der Waals surface area (Å²) in [5.41, 5.74) is 4.99. The third-order valence-corrected chi connectivity index (χ3v) is 4.60. The van der Waals surface area contributed by atoms with E-state index in [0.29, 0.717) is 0 Å². The Morgan fingerprint density at radius 2 is 1.42 bits per heavy atom. The zero-order valence-corrected chi connectivity index (χ0v) is 14.7. The molecule has 126 valence electrons. The van der Waals surface area contributed by atoms with Gasteiger partial charge in [0, 0.05) is 16.5 Å². The Kier molecular flexibility index (Phi) is 4.53. The van der Waals surface area contributed by atoms with Gasteiger partial charge in [-0.05, 0) is 36.2 Å². The zero-order chi connectivity index (χ0) is 17.8. The van der Waals surface area contributed by atoms with E-state index in [1.807, 2.05) is 12.2 Å². The van der Waals surface area contributed by atoms with E-state index in [-0.39, 0.29) is 0 Å². The smallest absolute Gasteiger partial charge is 0.0541 e. The highest BCUT2D eigenvalue weighted by Gasteiger charge is 2.11. The maximum absolute atomic E-state index is 3.68. The Morgan fingerprint density at radius 1 is 0.731 bits per heavy atom.